The van der Waals surface area contributed by atoms with Crippen LogP contribution in [0.2, 0.25) is 0 Å². The van der Waals surface area contributed by atoms with Crippen molar-refractivity contribution in [3.05, 3.63) is 23.3 Å². The number of halogens is 3. The summed E-state index contributed by atoms with van der Waals surface area (Å²) in [5.41, 5.74) is 7.62. The maximum atomic E-state index is 12.5. The third kappa shape index (κ3) is 2.81. The van der Waals surface area contributed by atoms with Gasteiger partial charge in [-0.25, -0.2) is 0 Å². The molecule has 7 heteroatoms. The lowest BCUT2D eigenvalue weighted by Gasteiger charge is -2.22. The van der Waals surface area contributed by atoms with Gasteiger partial charge in [-0.2, -0.15) is 13.2 Å². The van der Waals surface area contributed by atoms with Gasteiger partial charge in [0.2, 0.25) is 0 Å². The van der Waals surface area contributed by atoms with E-state index in [1.54, 1.807) is 12.1 Å². The van der Waals surface area contributed by atoms with Crippen LogP contribution in [0.4, 0.5) is 18.9 Å². The van der Waals surface area contributed by atoms with E-state index in [4.69, 9.17) is 10.5 Å². The van der Waals surface area contributed by atoms with Crippen molar-refractivity contribution in [3.8, 4) is 5.75 Å². The Bertz CT molecular complexity index is 529. The lowest BCUT2D eigenvalue weighted by molar-refractivity contribution is -0.186. The van der Waals surface area contributed by atoms with Gasteiger partial charge in [-0.05, 0) is 36.1 Å². The molecule has 1 heterocycles. The summed E-state index contributed by atoms with van der Waals surface area (Å²) in [4.78, 5) is 12.2. The van der Waals surface area contributed by atoms with Crippen LogP contribution in [0, 0.1) is 0 Å². The predicted molar refractivity (Wildman–Crippen MR) is 67.2 cm³/mol. The quantitative estimate of drug-likeness (QED) is 0.805. The molecule has 2 rings (SSSR count). The van der Waals surface area contributed by atoms with Crippen LogP contribution in [0.3, 0.4) is 0 Å². The third-order valence-electron chi connectivity index (χ3n) is 3.32. The summed E-state index contributed by atoms with van der Waals surface area (Å²) in [5, 5.41) is 0. The molecule has 1 aliphatic heterocycles. The summed E-state index contributed by atoms with van der Waals surface area (Å²) in [5.74, 6) is -1.31. The number of aryl methyl sites for hydroxylation is 1. The molecule has 0 unspecified atom stereocenters. The second-order valence-electron chi connectivity index (χ2n) is 4.69. The van der Waals surface area contributed by atoms with Gasteiger partial charge in [-0.1, -0.05) is 0 Å². The van der Waals surface area contributed by atoms with E-state index in [9.17, 15) is 18.0 Å². The van der Waals surface area contributed by atoms with Gasteiger partial charge in [0.05, 0.1) is 12.8 Å². The Labute approximate surface area is 114 Å². The summed E-state index contributed by atoms with van der Waals surface area (Å²) >= 11 is 0. The van der Waals surface area contributed by atoms with Gasteiger partial charge in [-0.3, -0.25) is 4.79 Å². The largest absolute Gasteiger partial charge is 0.495 e. The van der Waals surface area contributed by atoms with Gasteiger partial charge in [-0.15, -0.1) is 0 Å². The fraction of sp³-hybridized carbons (Fsp3) is 0.462. The molecule has 0 aromatic heterocycles. The zero-order chi connectivity index (χ0) is 14.9. The summed E-state index contributed by atoms with van der Waals surface area (Å²) in [6, 6.07) is 3.31. The molecule has 20 heavy (non-hydrogen) atoms. The molecule has 0 radical (unpaired) electrons. The number of benzene rings is 1. The number of nitrogens with two attached hydrogens (primary N) is 1. The highest BCUT2D eigenvalue weighted by Crippen LogP contribution is 2.30. The second-order valence-corrected chi connectivity index (χ2v) is 4.69. The van der Waals surface area contributed by atoms with Crippen molar-refractivity contribution in [2.75, 3.05) is 19.4 Å². The molecule has 4 nitrogen and oxygen atoms in total. The number of rotatable bonds is 1. The highest BCUT2D eigenvalue weighted by Gasteiger charge is 2.42. The van der Waals surface area contributed by atoms with Gasteiger partial charge in [0, 0.05) is 13.1 Å². The number of alkyl halides is 3. The number of methoxy groups -OCH3 is 1. The van der Waals surface area contributed by atoms with E-state index in [0.717, 1.165) is 10.5 Å². The van der Waals surface area contributed by atoms with Gasteiger partial charge in [0.15, 0.2) is 0 Å². The third-order valence-corrected chi connectivity index (χ3v) is 3.32. The molecule has 0 saturated heterocycles. The van der Waals surface area contributed by atoms with Crippen molar-refractivity contribution in [1.82, 2.24) is 4.90 Å². The first kappa shape index (κ1) is 14.5. The summed E-state index contributed by atoms with van der Waals surface area (Å²) in [6.45, 7) is -0.00286. The molecule has 0 saturated carbocycles. The minimum absolute atomic E-state index is 0.0786. The maximum absolute atomic E-state index is 12.5. The van der Waals surface area contributed by atoms with Crippen molar-refractivity contribution in [3.63, 3.8) is 0 Å². The van der Waals surface area contributed by atoms with Crippen molar-refractivity contribution < 1.29 is 22.7 Å². The van der Waals surface area contributed by atoms with Crippen LogP contribution in [0.5, 0.6) is 5.75 Å². The lowest BCUT2D eigenvalue weighted by atomic mass is 10.0. The van der Waals surface area contributed by atoms with E-state index in [1.807, 2.05) is 0 Å². The van der Waals surface area contributed by atoms with Gasteiger partial charge in [0.25, 0.3) is 0 Å². The van der Waals surface area contributed by atoms with Crippen molar-refractivity contribution in [1.29, 1.82) is 0 Å². The first-order valence-corrected chi connectivity index (χ1v) is 6.14. The van der Waals surface area contributed by atoms with Gasteiger partial charge >= 0.3 is 12.1 Å². The number of amides is 1. The molecule has 1 aromatic carbocycles. The molecule has 0 spiro atoms. The molecule has 0 aliphatic carbocycles. The van der Waals surface area contributed by atoms with Crippen LogP contribution in [0.25, 0.3) is 0 Å². The fourth-order valence-corrected chi connectivity index (χ4v) is 2.34. The van der Waals surface area contributed by atoms with E-state index < -0.39 is 12.1 Å². The standard InChI is InChI=1S/C13H15F3N2O2/c1-20-11-6-8-3-2-4-18(12(19)13(14,15)16)7-9(8)5-10(11)17/h5-6H,2-4,7,17H2,1H3. The molecule has 1 amide bonds. The zero-order valence-corrected chi connectivity index (χ0v) is 11.0. The fourth-order valence-electron chi connectivity index (χ4n) is 2.34. The van der Waals surface area contributed by atoms with E-state index in [1.165, 1.54) is 7.11 Å². The van der Waals surface area contributed by atoms with Crippen molar-refractivity contribution in [2.24, 2.45) is 0 Å². The molecule has 1 aromatic rings. The SMILES string of the molecule is COc1cc2c(cc1N)CN(C(=O)C(F)(F)F)CCC2. The van der Waals surface area contributed by atoms with Crippen LogP contribution >= 0.6 is 0 Å². The molecular weight excluding hydrogens is 273 g/mol. The topological polar surface area (TPSA) is 55.6 Å². The Hall–Kier alpha value is -1.92. The average Bonchev–Trinajstić information content (AvgIpc) is 2.57. The molecule has 1 aliphatic rings. The van der Waals surface area contributed by atoms with Crippen molar-refractivity contribution >= 4 is 11.6 Å². The first-order valence-electron chi connectivity index (χ1n) is 6.14. The highest BCUT2D eigenvalue weighted by molar-refractivity contribution is 5.82. The van der Waals surface area contributed by atoms with E-state index in [0.29, 0.717) is 29.8 Å². The predicted octanol–water partition coefficient (Wildman–Crippen LogP) is 2.11. The summed E-state index contributed by atoms with van der Waals surface area (Å²) in [7, 11) is 1.48. The van der Waals surface area contributed by atoms with E-state index >= 15 is 0 Å². The molecule has 110 valence electrons. The Balaban J connectivity index is 2.31. The monoisotopic (exact) mass is 288 g/mol. The highest BCUT2D eigenvalue weighted by atomic mass is 19.4. The number of anilines is 1. The van der Waals surface area contributed by atoms with Crippen LogP contribution < -0.4 is 10.5 Å². The lowest BCUT2D eigenvalue weighted by Crippen LogP contribution is -2.40. The minimum Gasteiger partial charge on any atom is -0.495 e. The van der Waals surface area contributed by atoms with E-state index in [2.05, 4.69) is 0 Å². The normalized spacial score (nSPS) is 15.5. The molecule has 2 N–H and O–H groups in total. The number of hydrogen-bond donors (Lipinski definition) is 1. The number of nitrogens with zero attached hydrogens (tertiary/aromatic N) is 1. The zero-order valence-electron chi connectivity index (χ0n) is 11.0. The number of ether oxygens (including phenoxy) is 1. The molecule has 0 fully saturated rings. The molecule has 0 atom stereocenters. The van der Waals surface area contributed by atoms with Crippen LogP contribution in [-0.2, 0) is 17.8 Å². The van der Waals surface area contributed by atoms with Crippen LogP contribution in [0.15, 0.2) is 12.1 Å². The van der Waals surface area contributed by atoms with Crippen molar-refractivity contribution in [2.45, 2.75) is 25.6 Å². The summed E-state index contributed by atoms with van der Waals surface area (Å²) in [6.07, 6.45) is -3.78. The number of hydrogen-bond acceptors (Lipinski definition) is 3. The Morgan fingerprint density at radius 1 is 1.35 bits per heavy atom. The minimum atomic E-state index is -4.84. The Morgan fingerprint density at radius 3 is 2.65 bits per heavy atom. The van der Waals surface area contributed by atoms with E-state index in [-0.39, 0.29) is 13.1 Å². The Kier molecular flexibility index (Phi) is 3.78. The smallest absolute Gasteiger partial charge is 0.471 e. The summed E-state index contributed by atoms with van der Waals surface area (Å²) < 4.78 is 42.6. The second kappa shape index (κ2) is 5.22. The maximum Gasteiger partial charge on any atom is 0.471 e. The first-order chi connectivity index (χ1) is 9.32. The molecule has 0 bridgehead atoms. The number of carbonyl (C=O) groups excluding carboxylic acids is 1. The average molecular weight is 288 g/mol. The Morgan fingerprint density at radius 2 is 2.05 bits per heavy atom. The number of carbonyl (C=O) groups is 1. The van der Waals surface area contributed by atoms with Crippen LogP contribution in [0.1, 0.15) is 17.5 Å². The van der Waals surface area contributed by atoms with Gasteiger partial charge in [0.1, 0.15) is 5.75 Å². The number of fused-ring (bicyclic) bond motifs is 1. The number of nitrogen functional groups attached to an aromatic ring is 1. The van der Waals surface area contributed by atoms with Crippen LogP contribution in [-0.4, -0.2) is 30.6 Å². The van der Waals surface area contributed by atoms with Gasteiger partial charge < -0.3 is 15.4 Å². The molecular formula is C13H15F3N2O2.